The number of nitrogens with one attached hydrogen (secondary N) is 1. The topological polar surface area (TPSA) is 30.5 Å². The van der Waals surface area contributed by atoms with E-state index >= 15 is 0 Å². The monoisotopic (exact) mass is 311 g/mol. The lowest BCUT2D eigenvalue weighted by Gasteiger charge is -2.30. The van der Waals surface area contributed by atoms with Gasteiger partial charge in [-0.25, -0.2) is 0 Å². The minimum atomic E-state index is 0.230. The third-order valence-electron chi connectivity index (χ3n) is 4.19. The first-order valence-corrected chi connectivity index (χ1v) is 8.24. The number of hydrogen-bond donors (Lipinski definition) is 1. The van der Waals surface area contributed by atoms with Crippen LogP contribution in [-0.2, 0) is 0 Å². The first kappa shape index (κ1) is 16.4. The van der Waals surface area contributed by atoms with E-state index < -0.39 is 0 Å². The van der Waals surface area contributed by atoms with E-state index in [1.165, 1.54) is 0 Å². The van der Waals surface area contributed by atoms with Gasteiger partial charge in [0.25, 0.3) is 0 Å². The maximum Gasteiger partial charge on any atom is 0.162 e. The standard InChI is InChI=1S/C17H26ClNO2/c1-5-6-19-17(12(4)11(2)3)13-9-15-16(10-14(13)18)21-8-7-20-15/h9-12,17,19H,5-8H2,1-4H3. The second-order valence-corrected chi connectivity index (χ2v) is 6.46. The molecule has 1 heterocycles. The lowest BCUT2D eigenvalue weighted by molar-refractivity contribution is 0.171. The Bertz CT molecular complexity index is 476. The third-order valence-corrected chi connectivity index (χ3v) is 4.52. The number of halogens is 1. The first-order chi connectivity index (χ1) is 10.0. The van der Waals surface area contributed by atoms with Crippen LogP contribution in [0.3, 0.4) is 0 Å². The number of fused-ring (bicyclic) bond motifs is 1. The van der Waals surface area contributed by atoms with Crippen molar-refractivity contribution in [2.45, 2.75) is 40.2 Å². The van der Waals surface area contributed by atoms with Crippen molar-refractivity contribution in [3.8, 4) is 11.5 Å². The Hall–Kier alpha value is -0.930. The summed E-state index contributed by atoms with van der Waals surface area (Å²) in [7, 11) is 0. The van der Waals surface area contributed by atoms with Crippen molar-refractivity contribution in [2.24, 2.45) is 11.8 Å². The lowest BCUT2D eigenvalue weighted by atomic mass is 9.85. The Kier molecular flexibility index (Phi) is 5.77. The van der Waals surface area contributed by atoms with Crippen LogP contribution in [-0.4, -0.2) is 19.8 Å². The molecule has 1 aliphatic rings. The highest BCUT2D eigenvalue weighted by Gasteiger charge is 2.26. The highest BCUT2D eigenvalue weighted by atomic mass is 35.5. The zero-order chi connectivity index (χ0) is 15.4. The van der Waals surface area contributed by atoms with Gasteiger partial charge in [-0.3, -0.25) is 0 Å². The predicted octanol–water partition coefficient (Wildman–Crippen LogP) is 4.44. The zero-order valence-electron chi connectivity index (χ0n) is 13.4. The molecule has 0 aliphatic carbocycles. The maximum atomic E-state index is 6.51. The molecule has 0 saturated carbocycles. The molecule has 1 aliphatic heterocycles. The molecule has 0 amide bonds. The van der Waals surface area contributed by atoms with Crippen LogP contribution in [0.5, 0.6) is 11.5 Å². The van der Waals surface area contributed by atoms with Crippen LogP contribution in [0.25, 0.3) is 0 Å². The van der Waals surface area contributed by atoms with Gasteiger partial charge in [-0.2, -0.15) is 0 Å². The fourth-order valence-electron chi connectivity index (χ4n) is 2.58. The quantitative estimate of drug-likeness (QED) is 0.842. The normalized spacial score (nSPS) is 16.9. The van der Waals surface area contributed by atoms with E-state index in [9.17, 15) is 0 Å². The SMILES string of the molecule is CCCNC(c1cc2c(cc1Cl)OCCO2)C(C)C(C)C. The van der Waals surface area contributed by atoms with Crippen LogP contribution in [0.1, 0.15) is 45.7 Å². The van der Waals surface area contributed by atoms with Crippen LogP contribution >= 0.6 is 11.6 Å². The van der Waals surface area contributed by atoms with Gasteiger partial charge < -0.3 is 14.8 Å². The fraction of sp³-hybridized carbons (Fsp3) is 0.647. The summed E-state index contributed by atoms with van der Waals surface area (Å²) in [6, 6.07) is 4.16. The van der Waals surface area contributed by atoms with E-state index in [2.05, 4.69) is 33.0 Å². The Morgan fingerprint density at radius 1 is 1.14 bits per heavy atom. The zero-order valence-corrected chi connectivity index (χ0v) is 14.2. The molecule has 21 heavy (non-hydrogen) atoms. The van der Waals surface area contributed by atoms with E-state index in [0.717, 1.165) is 35.1 Å². The van der Waals surface area contributed by atoms with Crippen molar-refractivity contribution in [3.05, 3.63) is 22.7 Å². The van der Waals surface area contributed by atoms with Crippen molar-refractivity contribution < 1.29 is 9.47 Å². The van der Waals surface area contributed by atoms with E-state index in [1.54, 1.807) is 0 Å². The molecule has 1 aromatic rings. The predicted molar refractivity (Wildman–Crippen MR) is 87.5 cm³/mol. The molecular weight excluding hydrogens is 286 g/mol. The number of benzene rings is 1. The smallest absolute Gasteiger partial charge is 0.162 e. The highest BCUT2D eigenvalue weighted by Crippen LogP contribution is 2.40. The number of ether oxygens (including phenoxy) is 2. The van der Waals surface area contributed by atoms with Gasteiger partial charge in [-0.05, 0) is 36.4 Å². The number of hydrogen-bond acceptors (Lipinski definition) is 3. The molecular formula is C17H26ClNO2. The van der Waals surface area contributed by atoms with Crippen molar-refractivity contribution in [2.75, 3.05) is 19.8 Å². The van der Waals surface area contributed by atoms with E-state index in [1.807, 2.05) is 12.1 Å². The summed E-state index contributed by atoms with van der Waals surface area (Å²) in [4.78, 5) is 0. The summed E-state index contributed by atoms with van der Waals surface area (Å²) in [6.07, 6.45) is 1.10. The molecule has 2 atom stereocenters. The summed E-state index contributed by atoms with van der Waals surface area (Å²) in [5, 5.41) is 4.38. The minimum absolute atomic E-state index is 0.230. The minimum Gasteiger partial charge on any atom is -0.486 e. The van der Waals surface area contributed by atoms with E-state index in [-0.39, 0.29) is 6.04 Å². The Morgan fingerprint density at radius 3 is 2.33 bits per heavy atom. The highest BCUT2D eigenvalue weighted by molar-refractivity contribution is 6.31. The Labute approximate surface area is 133 Å². The van der Waals surface area contributed by atoms with Crippen molar-refractivity contribution in [3.63, 3.8) is 0 Å². The van der Waals surface area contributed by atoms with Gasteiger partial charge in [0.05, 0.1) is 0 Å². The van der Waals surface area contributed by atoms with Crippen molar-refractivity contribution in [1.29, 1.82) is 0 Å². The largest absolute Gasteiger partial charge is 0.486 e. The molecule has 2 unspecified atom stereocenters. The molecule has 1 N–H and O–H groups in total. The van der Waals surface area contributed by atoms with Crippen LogP contribution in [0.15, 0.2) is 12.1 Å². The molecule has 118 valence electrons. The van der Waals surface area contributed by atoms with Gasteiger partial charge in [-0.15, -0.1) is 0 Å². The summed E-state index contributed by atoms with van der Waals surface area (Å²) >= 11 is 6.51. The fourth-order valence-corrected chi connectivity index (χ4v) is 2.85. The van der Waals surface area contributed by atoms with Crippen molar-refractivity contribution >= 4 is 11.6 Å². The van der Waals surface area contributed by atoms with Crippen LogP contribution in [0.4, 0.5) is 0 Å². The van der Waals surface area contributed by atoms with Gasteiger partial charge >= 0.3 is 0 Å². The summed E-state index contributed by atoms with van der Waals surface area (Å²) in [6.45, 7) is 11.1. The molecule has 0 aromatic heterocycles. The van der Waals surface area contributed by atoms with Gasteiger partial charge in [-0.1, -0.05) is 39.3 Å². The average Bonchev–Trinajstić information content (AvgIpc) is 2.47. The van der Waals surface area contributed by atoms with E-state index in [0.29, 0.717) is 25.0 Å². The van der Waals surface area contributed by atoms with Gasteiger partial charge in [0.2, 0.25) is 0 Å². The summed E-state index contributed by atoms with van der Waals surface area (Å²) < 4.78 is 11.3. The van der Waals surface area contributed by atoms with Gasteiger partial charge in [0, 0.05) is 17.1 Å². The molecule has 0 bridgehead atoms. The molecule has 0 spiro atoms. The number of rotatable bonds is 6. The summed E-state index contributed by atoms with van der Waals surface area (Å²) in [5.74, 6) is 2.61. The second kappa shape index (κ2) is 7.37. The van der Waals surface area contributed by atoms with E-state index in [4.69, 9.17) is 21.1 Å². The average molecular weight is 312 g/mol. The molecule has 0 fully saturated rings. The summed E-state index contributed by atoms with van der Waals surface area (Å²) in [5.41, 5.74) is 1.11. The molecule has 4 heteroatoms. The Balaban J connectivity index is 2.34. The maximum absolute atomic E-state index is 6.51. The molecule has 1 aromatic carbocycles. The van der Waals surface area contributed by atoms with Gasteiger partial charge in [0.15, 0.2) is 11.5 Å². The van der Waals surface area contributed by atoms with Crippen LogP contribution < -0.4 is 14.8 Å². The Morgan fingerprint density at radius 2 is 1.76 bits per heavy atom. The van der Waals surface area contributed by atoms with Gasteiger partial charge in [0.1, 0.15) is 13.2 Å². The molecule has 3 nitrogen and oxygen atoms in total. The molecule has 2 rings (SSSR count). The third kappa shape index (κ3) is 3.83. The first-order valence-electron chi connectivity index (χ1n) is 7.87. The van der Waals surface area contributed by atoms with Crippen LogP contribution in [0, 0.1) is 11.8 Å². The second-order valence-electron chi connectivity index (χ2n) is 6.05. The molecule has 0 radical (unpaired) electrons. The lowest BCUT2D eigenvalue weighted by Crippen LogP contribution is -2.30. The van der Waals surface area contributed by atoms with Crippen LogP contribution in [0.2, 0.25) is 5.02 Å². The van der Waals surface area contributed by atoms with Crippen molar-refractivity contribution in [1.82, 2.24) is 5.32 Å². The molecule has 0 saturated heterocycles.